The topological polar surface area (TPSA) is 148 Å². The molecular weight excluding hydrogens is 603 g/mol. The highest BCUT2D eigenvalue weighted by Crippen LogP contribution is 2.32. The number of halogens is 3. The molecule has 2 amide bonds. The molecule has 46 heavy (non-hydrogen) atoms. The van der Waals surface area contributed by atoms with Crippen LogP contribution in [0.25, 0.3) is 0 Å². The summed E-state index contributed by atoms with van der Waals surface area (Å²) in [6.07, 6.45) is 1.68. The fourth-order valence-electron chi connectivity index (χ4n) is 5.18. The van der Waals surface area contributed by atoms with Gasteiger partial charge < -0.3 is 36.3 Å². The zero-order chi connectivity index (χ0) is 33.3. The predicted molar refractivity (Wildman–Crippen MR) is 166 cm³/mol. The molecule has 1 saturated heterocycles. The molecule has 1 aromatic heterocycles. The molecule has 0 aliphatic carbocycles. The number of rotatable bonds is 14. The number of hydrogen-bond donors (Lipinski definition) is 5. The van der Waals surface area contributed by atoms with Crippen LogP contribution in [-0.4, -0.2) is 73.2 Å². The Hall–Kier alpha value is -4.20. The first-order chi connectivity index (χ1) is 22.0. The number of aromatic nitrogens is 1. The van der Waals surface area contributed by atoms with Crippen LogP contribution in [0, 0.1) is 22.9 Å². The van der Waals surface area contributed by atoms with Crippen molar-refractivity contribution in [3.8, 4) is 0 Å². The lowest BCUT2D eigenvalue weighted by Crippen LogP contribution is -2.47. The van der Waals surface area contributed by atoms with Crippen molar-refractivity contribution in [3.63, 3.8) is 0 Å². The minimum absolute atomic E-state index is 0.000236. The van der Waals surface area contributed by atoms with E-state index in [2.05, 4.69) is 20.9 Å². The van der Waals surface area contributed by atoms with Gasteiger partial charge in [-0.2, -0.15) is 0 Å². The number of nitrogens with zero attached hydrogens (tertiary/aromatic N) is 1. The summed E-state index contributed by atoms with van der Waals surface area (Å²) in [6, 6.07) is 9.91. The molecule has 1 aliphatic heterocycles. The summed E-state index contributed by atoms with van der Waals surface area (Å²) in [5, 5.41) is 18.3. The fourth-order valence-corrected chi connectivity index (χ4v) is 5.18. The van der Waals surface area contributed by atoms with Gasteiger partial charge in [0.1, 0.15) is 36.2 Å². The zero-order valence-corrected chi connectivity index (χ0v) is 25.8. The molecule has 1 aliphatic rings. The van der Waals surface area contributed by atoms with Gasteiger partial charge in [-0.25, -0.2) is 18.0 Å². The number of aliphatic hydroxyl groups is 1. The molecule has 0 spiro atoms. The molecule has 0 radical (unpaired) electrons. The van der Waals surface area contributed by atoms with E-state index in [1.165, 1.54) is 54.7 Å². The maximum absolute atomic E-state index is 15.2. The van der Waals surface area contributed by atoms with Crippen LogP contribution in [0.5, 0.6) is 0 Å². The Labute approximate surface area is 265 Å². The number of morpholine rings is 1. The van der Waals surface area contributed by atoms with Crippen LogP contribution >= 0.6 is 0 Å². The van der Waals surface area contributed by atoms with Crippen LogP contribution in [-0.2, 0) is 20.7 Å². The minimum atomic E-state index is -1.14. The fraction of sp³-hybridized carbons (Fsp3) is 0.424. The molecule has 2 aromatic carbocycles. The molecule has 248 valence electrons. The average molecular weight is 644 g/mol. The summed E-state index contributed by atoms with van der Waals surface area (Å²) in [5.41, 5.74) is 6.96. The van der Waals surface area contributed by atoms with Gasteiger partial charge in [0.2, 0.25) is 5.91 Å². The highest BCUT2D eigenvalue weighted by molar-refractivity contribution is 5.85. The molecule has 0 saturated carbocycles. The van der Waals surface area contributed by atoms with Crippen LogP contribution in [0.1, 0.15) is 42.9 Å². The lowest BCUT2D eigenvalue weighted by atomic mass is 9.84. The molecule has 3 atom stereocenters. The van der Waals surface area contributed by atoms with E-state index in [9.17, 15) is 23.5 Å². The zero-order valence-electron chi connectivity index (χ0n) is 25.8. The van der Waals surface area contributed by atoms with Gasteiger partial charge >= 0.3 is 6.09 Å². The summed E-state index contributed by atoms with van der Waals surface area (Å²) in [7, 11) is 0. The normalized spacial score (nSPS) is 17.4. The number of alkyl carbamates (subject to hydrolysis) is 1. The summed E-state index contributed by atoms with van der Waals surface area (Å²) >= 11 is 0. The molecular formula is C33H40F3N5O5. The van der Waals surface area contributed by atoms with Crippen molar-refractivity contribution < 1.29 is 37.3 Å². The van der Waals surface area contributed by atoms with Crippen LogP contribution in [0.15, 0.2) is 60.9 Å². The summed E-state index contributed by atoms with van der Waals surface area (Å²) in [4.78, 5) is 29.0. The Morgan fingerprint density at radius 3 is 2.24 bits per heavy atom. The highest BCUT2D eigenvalue weighted by atomic mass is 19.1. The number of anilines is 1. The Morgan fingerprint density at radius 1 is 1.04 bits per heavy atom. The van der Waals surface area contributed by atoms with Crippen molar-refractivity contribution in [2.24, 2.45) is 11.1 Å². The number of amides is 2. The minimum Gasteiger partial charge on any atom is -0.447 e. The van der Waals surface area contributed by atoms with Crippen molar-refractivity contribution in [1.29, 1.82) is 0 Å². The number of nitrogens with one attached hydrogen (secondary N) is 3. The lowest BCUT2D eigenvalue weighted by molar-refractivity contribution is -0.119. The monoisotopic (exact) mass is 643 g/mol. The van der Waals surface area contributed by atoms with Crippen molar-refractivity contribution in [2.45, 2.75) is 50.9 Å². The van der Waals surface area contributed by atoms with E-state index in [-0.39, 0.29) is 43.5 Å². The van der Waals surface area contributed by atoms with E-state index in [4.69, 9.17) is 15.2 Å². The average Bonchev–Trinajstić information content (AvgIpc) is 3.04. The first-order valence-corrected chi connectivity index (χ1v) is 15.0. The van der Waals surface area contributed by atoms with E-state index in [0.717, 1.165) is 6.20 Å². The standard InChI is InChI=1S/C33H40F3N5O5/c1-33(2,19-42)18-40-32(44)45-17-25-14-38-13-24(46-25)11-12-26-27(36)15-39-16-28(26)41-30(31(37)43)29(20-3-7-22(34)8-4-20)21-5-9-23(35)10-6-21/h3-10,15-16,24-25,29-30,38,41-42H,11-14,17-19H2,1-2H3,(H2,37,43)(H,40,44)/t24-,25+,30+/m1/s1. The van der Waals surface area contributed by atoms with Crippen LogP contribution in [0.4, 0.5) is 23.7 Å². The Bertz CT molecular complexity index is 1410. The van der Waals surface area contributed by atoms with Crippen molar-refractivity contribution in [2.75, 3.05) is 38.2 Å². The largest absolute Gasteiger partial charge is 0.447 e. The number of primary amides is 1. The quantitative estimate of drug-likeness (QED) is 0.179. The Kier molecular flexibility index (Phi) is 12.0. The smallest absolute Gasteiger partial charge is 0.407 e. The Morgan fingerprint density at radius 2 is 1.65 bits per heavy atom. The van der Waals surface area contributed by atoms with Gasteiger partial charge in [0.05, 0.1) is 24.2 Å². The maximum Gasteiger partial charge on any atom is 0.407 e. The second kappa shape index (κ2) is 15.9. The molecule has 6 N–H and O–H groups in total. The number of ether oxygens (including phenoxy) is 2. The van der Waals surface area contributed by atoms with Gasteiger partial charge in [-0.1, -0.05) is 38.1 Å². The van der Waals surface area contributed by atoms with E-state index in [1.807, 2.05) is 13.8 Å². The van der Waals surface area contributed by atoms with Gasteiger partial charge in [-0.15, -0.1) is 0 Å². The van der Waals surface area contributed by atoms with Crippen LogP contribution in [0.2, 0.25) is 0 Å². The van der Waals surface area contributed by atoms with E-state index in [1.54, 1.807) is 0 Å². The van der Waals surface area contributed by atoms with Gasteiger partial charge in [-0.3, -0.25) is 9.78 Å². The third-order valence-electron chi connectivity index (χ3n) is 7.80. The highest BCUT2D eigenvalue weighted by Gasteiger charge is 2.31. The van der Waals surface area contributed by atoms with E-state index in [0.29, 0.717) is 30.6 Å². The third-order valence-corrected chi connectivity index (χ3v) is 7.80. The second-order valence-electron chi connectivity index (χ2n) is 12.1. The molecule has 3 aromatic rings. The summed E-state index contributed by atoms with van der Waals surface area (Å²) in [6.45, 7) is 4.71. The lowest BCUT2D eigenvalue weighted by Gasteiger charge is -2.31. The Balaban J connectivity index is 1.45. The number of carbonyl (C=O) groups is 2. The van der Waals surface area contributed by atoms with Crippen molar-refractivity contribution >= 4 is 17.7 Å². The number of hydrogen-bond acceptors (Lipinski definition) is 8. The predicted octanol–water partition coefficient (Wildman–Crippen LogP) is 3.63. The van der Waals surface area contributed by atoms with E-state index < -0.39 is 52.9 Å². The molecule has 13 heteroatoms. The third kappa shape index (κ3) is 9.65. The number of benzene rings is 2. The van der Waals surface area contributed by atoms with Gasteiger partial charge in [-0.05, 0) is 48.2 Å². The maximum atomic E-state index is 15.2. The molecule has 0 bridgehead atoms. The molecule has 4 rings (SSSR count). The van der Waals surface area contributed by atoms with Crippen molar-refractivity contribution in [3.05, 3.63) is 95.1 Å². The second-order valence-corrected chi connectivity index (χ2v) is 12.1. The first-order valence-electron chi connectivity index (χ1n) is 15.0. The summed E-state index contributed by atoms with van der Waals surface area (Å²) < 4.78 is 54.2. The van der Waals surface area contributed by atoms with E-state index >= 15 is 4.39 Å². The van der Waals surface area contributed by atoms with Gasteiger partial charge in [0, 0.05) is 43.1 Å². The SMILES string of the molecule is CC(C)(CO)CNC(=O)OC[C@@H]1CNC[C@@H](CCc2c(F)cncc2N[C@H](C(N)=O)C(c2ccc(F)cc2)c2ccc(F)cc2)O1. The van der Waals surface area contributed by atoms with Gasteiger partial charge in [0.15, 0.2) is 0 Å². The molecule has 10 nitrogen and oxygen atoms in total. The van der Waals surface area contributed by atoms with Crippen LogP contribution < -0.4 is 21.7 Å². The van der Waals surface area contributed by atoms with Crippen LogP contribution in [0.3, 0.4) is 0 Å². The number of pyridine rings is 1. The van der Waals surface area contributed by atoms with Gasteiger partial charge in [0.25, 0.3) is 0 Å². The number of carbonyl (C=O) groups excluding carboxylic acids is 2. The summed E-state index contributed by atoms with van der Waals surface area (Å²) in [5.74, 6) is -3.07. The number of nitrogens with two attached hydrogens (primary N) is 1. The molecule has 1 fully saturated rings. The molecule has 0 unspecified atom stereocenters. The van der Waals surface area contributed by atoms with Crippen molar-refractivity contribution in [1.82, 2.24) is 15.6 Å². The first kappa shape index (κ1) is 34.7. The molecule has 2 heterocycles. The number of aliphatic hydroxyl groups excluding tert-OH is 1.